The molecule has 9 rings (SSSR count). The molecule has 0 radical (unpaired) electrons. The summed E-state index contributed by atoms with van der Waals surface area (Å²) in [6.07, 6.45) is 6.29. The second-order valence-corrected chi connectivity index (χ2v) is 44.7. The molecule has 6 aromatic rings. The highest BCUT2D eigenvalue weighted by molar-refractivity contribution is 7.88. The van der Waals surface area contributed by atoms with Crippen LogP contribution in [0.4, 0.5) is 4.79 Å². The lowest BCUT2D eigenvalue weighted by Gasteiger charge is -2.39. The Morgan fingerprint density at radius 2 is 0.904 bits per heavy atom. The third-order valence-corrected chi connectivity index (χ3v) is 19.6. The highest BCUT2D eigenvalue weighted by Crippen LogP contribution is 2.31. The molecule has 9 heterocycles. The number of likely N-dealkylation sites (tertiary alicyclic amines) is 1. The van der Waals surface area contributed by atoms with Crippen LogP contribution >= 0.6 is 47.2 Å². The SMILES string of the molecule is C.C.CC(C)(C)OC(=O)N1CC(Oc2nc(Cl)nc3c2ccn3COCC[Si](C)(C)C)C1.C[Si](C)(C)CCOCn1ccc2c(OC3CN(S(C)(=O)=O)C3)nc(Cl)nc21.C[Si](C)(C)CCOCn1ccc2c(OC3CNC3)nc(Cl)nc21.Cl. The van der Waals surface area contributed by atoms with Gasteiger partial charge in [-0.05, 0) is 91.9 Å². The molecule has 3 saturated heterocycles. The Kier molecular flexibility index (Phi) is 26.0. The Morgan fingerprint density at radius 1 is 0.578 bits per heavy atom. The van der Waals surface area contributed by atoms with Gasteiger partial charge in [-0.25, -0.2) is 13.2 Å². The number of fused-ring (bicyclic) bond motifs is 3. The normalized spacial score (nSPS) is 15.3. The summed E-state index contributed by atoms with van der Waals surface area (Å²) in [7, 11) is -6.52. The molecule has 0 aromatic carbocycles. The number of amides is 1. The van der Waals surface area contributed by atoms with Gasteiger partial charge in [0.25, 0.3) is 0 Å². The first-order chi connectivity index (χ1) is 37.4. The minimum absolute atomic E-state index is 0. The molecule has 3 aliphatic rings. The Labute approximate surface area is 514 Å². The summed E-state index contributed by atoms with van der Waals surface area (Å²) in [5, 5.41) is 5.93. The van der Waals surface area contributed by atoms with Gasteiger partial charge in [0.1, 0.15) is 44.1 Å². The fourth-order valence-electron chi connectivity index (χ4n) is 7.80. The molecule has 83 heavy (non-hydrogen) atoms. The molecule has 466 valence electrons. The average Bonchev–Trinajstić information content (AvgIpc) is 3.43. The molecule has 6 aromatic heterocycles. The first-order valence-corrected chi connectivity index (χ1v) is 40.9. The summed E-state index contributed by atoms with van der Waals surface area (Å²) < 4.78 is 70.6. The van der Waals surface area contributed by atoms with Crippen molar-refractivity contribution < 1.29 is 46.4 Å². The highest BCUT2D eigenvalue weighted by Gasteiger charge is 2.37. The number of nitrogens with one attached hydrogen (secondary N) is 1. The van der Waals surface area contributed by atoms with Gasteiger partial charge in [-0.1, -0.05) is 73.8 Å². The van der Waals surface area contributed by atoms with Crippen LogP contribution in [0.25, 0.3) is 33.1 Å². The molecule has 22 nitrogen and oxygen atoms in total. The standard InChI is InChI=1S/C20H31ClN4O4Si.C16H25ClN4O4SSi.C15H23ClN4O2Si.2CH4.ClH/c1-20(2,3)29-19(26)25-11-14(12-25)28-17-15-7-8-24(16(15)22-18(21)23-17)13-27-9-10-30(4,5)6;1-26(22,23)21-9-12(10-21)25-15-13-5-6-20(14(13)18-16(17)19-15)11-24-7-8-27(2,3)4;1-23(2,3)7-6-21-10-20-5-4-12-13(20)18-15(16)19-14(12)22-11-8-17-9-11;;;/h7-8,14H,9-13H2,1-6H3;5-6,12H,7-11H2,1-4H3;4-5,11,17H,6-10H2,1-3H3;2*1H4;1H. The van der Waals surface area contributed by atoms with E-state index in [2.05, 4.69) is 94.1 Å². The van der Waals surface area contributed by atoms with Gasteiger partial charge in [-0.2, -0.15) is 34.2 Å². The molecule has 1 amide bonds. The summed E-state index contributed by atoms with van der Waals surface area (Å²) in [6, 6.07) is 9.05. The van der Waals surface area contributed by atoms with Gasteiger partial charge in [0.15, 0.2) is 16.9 Å². The number of halogens is 4. The van der Waals surface area contributed by atoms with Crippen LogP contribution in [0.1, 0.15) is 35.6 Å². The van der Waals surface area contributed by atoms with Gasteiger partial charge < -0.3 is 57.1 Å². The number of carbonyl (C=O) groups is 1. The number of carbonyl (C=O) groups excluding carboxylic acids is 1. The lowest BCUT2D eigenvalue weighted by molar-refractivity contribution is -0.0228. The molecular formula is C53H88Cl4N12O10SSi3. The molecule has 3 fully saturated rings. The zero-order valence-electron chi connectivity index (χ0n) is 48.8. The zero-order valence-corrected chi connectivity index (χ0v) is 55.7. The van der Waals surface area contributed by atoms with Crippen molar-refractivity contribution in [2.45, 2.75) is 157 Å². The molecule has 0 unspecified atom stereocenters. The largest absolute Gasteiger partial charge is 0.471 e. The van der Waals surface area contributed by atoms with Crippen LogP contribution in [0.15, 0.2) is 36.8 Å². The van der Waals surface area contributed by atoms with E-state index in [9.17, 15) is 13.2 Å². The second kappa shape index (κ2) is 30.1. The van der Waals surface area contributed by atoms with Crippen molar-refractivity contribution in [2.75, 3.05) is 65.3 Å². The summed E-state index contributed by atoms with van der Waals surface area (Å²) in [6.45, 7) is 33.1. The van der Waals surface area contributed by atoms with E-state index in [0.717, 1.165) is 66.2 Å². The van der Waals surface area contributed by atoms with E-state index in [4.69, 9.17) is 68.0 Å². The Bertz CT molecular complexity index is 3170. The maximum Gasteiger partial charge on any atom is 0.410 e. The van der Waals surface area contributed by atoms with E-state index in [1.165, 1.54) is 10.6 Å². The van der Waals surface area contributed by atoms with E-state index < -0.39 is 39.8 Å². The maximum absolute atomic E-state index is 12.1. The molecule has 30 heteroatoms. The topological polar surface area (TPSA) is 226 Å². The predicted octanol–water partition coefficient (Wildman–Crippen LogP) is 11.3. The van der Waals surface area contributed by atoms with Crippen molar-refractivity contribution in [3.05, 3.63) is 52.6 Å². The lowest BCUT2D eigenvalue weighted by atomic mass is 10.1. The van der Waals surface area contributed by atoms with Crippen molar-refractivity contribution in [2.24, 2.45) is 0 Å². The van der Waals surface area contributed by atoms with Gasteiger partial charge in [0, 0.05) is 75.7 Å². The molecular weight excluding hydrogens is 1220 g/mol. The van der Waals surface area contributed by atoms with Crippen LogP contribution in [0.3, 0.4) is 0 Å². The number of hydrogen-bond donors (Lipinski definition) is 1. The number of sulfonamides is 1. The van der Waals surface area contributed by atoms with Crippen molar-refractivity contribution in [1.82, 2.24) is 58.1 Å². The summed E-state index contributed by atoms with van der Waals surface area (Å²) in [5.74, 6) is 1.33. The Hall–Kier alpha value is -3.91. The van der Waals surface area contributed by atoms with Crippen LogP contribution in [0.5, 0.6) is 17.6 Å². The van der Waals surface area contributed by atoms with E-state index in [-0.39, 0.29) is 67.5 Å². The van der Waals surface area contributed by atoms with Gasteiger partial charge in [0.2, 0.25) is 43.5 Å². The fraction of sp³-hybridized carbons (Fsp3) is 0.642. The number of rotatable bonds is 22. The minimum Gasteiger partial charge on any atom is -0.471 e. The number of nitrogens with zero attached hydrogens (tertiary/aromatic N) is 11. The predicted molar refractivity (Wildman–Crippen MR) is 341 cm³/mol. The number of hydrogen-bond acceptors (Lipinski definition) is 17. The lowest BCUT2D eigenvalue weighted by Crippen LogP contribution is -2.57. The summed E-state index contributed by atoms with van der Waals surface area (Å²) in [5.41, 5.74) is 1.54. The molecule has 3 aliphatic heterocycles. The third kappa shape index (κ3) is 21.8. The first-order valence-electron chi connectivity index (χ1n) is 26.8. The van der Waals surface area contributed by atoms with E-state index in [1.54, 1.807) is 4.90 Å². The van der Waals surface area contributed by atoms with E-state index in [1.807, 2.05) is 71.3 Å². The average molecular weight is 1310 g/mol. The zero-order chi connectivity index (χ0) is 58.4. The smallest absolute Gasteiger partial charge is 0.410 e. The second-order valence-electron chi connectivity index (χ2n) is 24.8. The summed E-state index contributed by atoms with van der Waals surface area (Å²) in [4.78, 5) is 39.3. The van der Waals surface area contributed by atoms with Crippen molar-refractivity contribution in [3.8, 4) is 17.6 Å². The number of aromatic nitrogens is 9. The van der Waals surface area contributed by atoms with Crippen molar-refractivity contribution in [3.63, 3.8) is 0 Å². The number of ether oxygens (including phenoxy) is 7. The highest BCUT2D eigenvalue weighted by atomic mass is 35.5. The minimum atomic E-state index is -3.18. The quantitative estimate of drug-likeness (QED) is 0.0379. The third-order valence-electron chi connectivity index (χ3n) is 12.7. The van der Waals surface area contributed by atoms with Crippen molar-refractivity contribution in [1.29, 1.82) is 0 Å². The van der Waals surface area contributed by atoms with Gasteiger partial charge in [-0.15, -0.1) is 12.4 Å². The molecule has 0 atom stereocenters. The van der Waals surface area contributed by atoms with Gasteiger partial charge >= 0.3 is 6.09 Å². The summed E-state index contributed by atoms with van der Waals surface area (Å²) >= 11 is 18.2. The van der Waals surface area contributed by atoms with Crippen LogP contribution in [0, 0.1) is 0 Å². The maximum atomic E-state index is 12.1. The van der Waals surface area contributed by atoms with Crippen LogP contribution < -0.4 is 19.5 Å². The molecule has 0 saturated carbocycles. The monoisotopic (exact) mass is 1310 g/mol. The van der Waals surface area contributed by atoms with Crippen LogP contribution in [0.2, 0.25) is 92.9 Å². The van der Waals surface area contributed by atoms with Gasteiger partial charge in [-0.3, -0.25) is 0 Å². The Balaban J connectivity index is 0.000000265. The van der Waals surface area contributed by atoms with Gasteiger partial charge in [0.05, 0.1) is 48.6 Å². The first kappa shape index (κ1) is 71.6. The Morgan fingerprint density at radius 3 is 1.19 bits per heavy atom. The van der Waals surface area contributed by atoms with Crippen LogP contribution in [-0.4, -0.2) is 181 Å². The fourth-order valence-corrected chi connectivity index (χ4v) is 11.4. The van der Waals surface area contributed by atoms with Crippen LogP contribution in [-0.2, 0) is 49.2 Å². The van der Waals surface area contributed by atoms with E-state index >= 15 is 0 Å². The molecule has 1 N–H and O–H groups in total. The van der Waals surface area contributed by atoms with Crippen molar-refractivity contribution >= 4 is 121 Å². The molecule has 0 aliphatic carbocycles. The molecule has 0 spiro atoms. The molecule has 0 bridgehead atoms. The van der Waals surface area contributed by atoms with E-state index in [0.29, 0.717) is 81.9 Å².